The van der Waals surface area contributed by atoms with Crippen LogP contribution in [0.3, 0.4) is 0 Å². The standard InChI is InChI=1S/C26H29FN3O6P/c1-18-15-28(16-29(18)17-36-37(32,33)34)24-11-6-20(14-25(24)35-3)13-22-5-4-12-30(26(22)31)19(2)21-7-9-23(27)10-8-21/h6-11,13-16,19H,4-5,12,17H2,1-3H3,(H-,32,33,34)/t19-/m0/s1. The van der Waals surface area contributed by atoms with Gasteiger partial charge in [-0.25, -0.2) is 8.96 Å². The second-order valence-corrected chi connectivity index (χ2v) is 10.1. The number of methoxy groups -OCH3 is 1. The van der Waals surface area contributed by atoms with E-state index in [2.05, 4.69) is 4.52 Å². The first kappa shape index (κ1) is 26.8. The minimum absolute atomic E-state index is 0.0484. The Morgan fingerprint density at radius 2 is 2.00 bits per heavy atom. The number of phosphoric ester groups is 1. The highest BCUT2D eigenvalue weighted by Crippen LogP contribution is 2.31. The third-order valence-electron chi connectivity index (χ3n) is 6.43. The van der Waals surface area contributed by atoms with Crippen LogP contribution in [0.15, 0.2) is 60.6 Å². The third-order valence-corrected chi connectivity index (χ3v) is 6.87. The van der Waals surface area contributed by atoms with Gasteiger partial charge < -0.3 is 19.4 Å². The van der Waals surface area contributed by atoms with Crippen molar-refractivity contribution in [3.8, 4) is 11.4 Å². The van der Waals surface area contributed by atoms with Gasteiger partial charge in [-0.1, -0.05) is 18.2 Å². The number of halogens is 1. The number of carbonyl (C=O) groups is 1. The topological polar surface area (TPSA) is 108 Å². The first-order chi connectivity index (χ1) is 17.6. The number of hydrogen-bond donors (Lipinski definition) is 1. The Balaban J connectivity index is 1.56. The van der Waals surface area contributed by atoms with E-state index in [0.29, 0.717) is 35.7 Å². The number of aryl methyl sites for hydroxylation is 1. The zero-order valence-corrected chi connectivity index (χ0v) is 21.7. The molecule has 0 bridgehead atoms. The fourth-order valence-electron chi connectivity index (χ4n) is 4.41. The van der Waals surface area contributed by atoms with Crippen molar-refractivity contribution < 1.29 is 37.4 Å². The molecule has 2 atom stereocenters. The van der Waals surface area contributed by atoms with Gasteiger partial charge in [-0.2, -0.15) is 4.57 Å². The molecule has 4 rings (SSSR count). The van der Waals surface area contributed by atoms with Crippen molar-refractivity contribution in [1.29, 1.82) is 0 Å². The number of aromatic nitrogens is 2. The average molecular weight is 530 g/mol. The molecule has 1 aliphatic rings. The number of benzene rings is 2. The van der Waals surface area contributed by atoms with Gasteiger partial charge in [0.2, 0.25) is 5.91 Å². The quantitative estimate of drug-likeness (QED) is 0.272. The summed E-state index contributed by atoms with van der Waals surface area (Å²) in [4.78, 5) is 34.9. The van der Waals surface area contributed by atoms with Crippen LogP contribution in [-0.4, -0.2) is 33.9 Å². The molecular formula is C26H29FN3O6P. The fraction of sp³-hybridized carbons (Fsp3) is 0.308. The van der Waals surface area contributed by atoms with Crippen LogP contribution in [0.1, 0.15) is 42.6 Å². The van der Waals surface area contributed by atoms with E-state index in [1.807, 2.05) is 36.1 Å². The highest BCUT2D eigenvalue weighted by molar-refractivity contribution is 7.44. The van der Waals surface area contributed by atoms with Crippen LogP contribution in [0.5, 0.6) is 5.75 Å². The molecule has 1 aliphatic heterocycles. The van der Waals surface area contributed by atoms with E-state index in [1.165, 1.54) is 16.7 Å². The van der Waals surface area contributed by atoms with Gasteiger partial charge in [0, 0.05) is 19.0 Å². The van der Waals surface area contributed by atoms with E-state index in [-0.39, 0.29) is 24.5 Å². The molecule has 1 aromatic heterocycles. The Bertz CT molecular complexity index is 1370. The third kappa shape index (κ3) is 6.34. The maximum Gasteiger partial charge on any atom is 0.268 e. The summed E-state index contributed by atoms with van der Waals surface area (Å²) in [5, 5.41) is 0. The molecule has 0 aliphatic carbocycles. The Kier molecular flexibility index (Phi) is 7.94. The second-order valence-electron chi connectivity index (χ2n) is 8.92. The molecule has 2 aromatic carbocycles. The summed E-state index contributed by atoms with van der Waals surface area (Å²) in [7, 11) is -3.30. The van der Waals surface area contributed by atoms with Gasteiger partial charge in [0.1, 0.15) is 17.7 Å². The SMILES string of the molecule is COc1cc(C=C2CCCN([C@@H](C)c3ccc(F)cc3)C2=O)ccc1-n1cc(C)[n+](COP(=O)([O-])O)c1. The van der Waals surface area contributed by atoms with Gasteiger partial charge >= 0.3 is 0 Å². The summed E-state index contributed by atoms with van der Waals surface area (Å²) in [5.41, 5.74) is 3.76. The molecule has 0 spiro atoms. The highest BCUT2D eigenvalue weighted by atomic mass is 31.2. The zero-order chi connectivity index (χ0) is 26.7. The van der Waals surface area contributed by atoms with Gasteiger partial charge in [-0.3, -0.25) is 13.9 Å². The molecule has 1 amide bonds. The number of hydrogen-bond acceptors (Lipinski definition) is 5. The number of ether oxygens (including phenoxy) is 1. The molecule has 1 fully saturated rings. The van der Waals surface area contributed by atoms with Crippen molar-refractivity contribution >= 4 is 19.8 Å². The zero-order valence-electron chi connectivity index (χ0n) is 20.8. The lowest BCUT2D eigenvalue weighted by atomic mass is 9.97. The van der Waals surface area contributed by atoms with Crippen molar-refractivity contribution in [3.05, 3.63) is 83.2 Å². The van der Waals surface area contributed by atoms with Gasteiger partial charge in [0.25, 0.3) is 14.2 Å². The smallest absolute Gasteiger partial charge is 0.268 e. The molecule has 196 valence electrons. The molecule has 9 nitrogen and oxygen atoms in total. The Morgan fingerprint density at radius 3 is 2.68 bits per heavy atom. The molecule has 0 saturated carbocycles. The predicted octanol–water partition coefficient (Wildman–Crippen LogP) is 3.42. The fourth-order valence-corrected chi connectivity index (χ4v) is 4.68. The number of imidazole rings is 1. The Hall–Kier alpha value is -3.30. The van der Waals surface area contributed by atoms with Gasteiger partial charge in [0.15, 0.2) is 18.2 Å². The molecule has 3 aromatic rings. The molecule has 1 saturated heterocycles. The van der Waals surface area contributed by atoms with Crippen LogP contribution in [-0.2, 0) is 20.6 Å². The minimum Gasteiger partial charge on any atom is -0.756 e. The molecule has 37 heavy (non-hydrogen) atoms. The van der Waals surface area contributed by atoms with Crippen molar-refractivity contribution in [2.24, 2.45) is 0 Å². The van der Waals surface area contributed by atoms with Crippen LogP contribution in [0.25, 0.3) is 11.8 Å². The number of amides is 1. The second kappa shape index (κ2) is 11.0. The van der Waals surface area contributed by atoms with Gasteiger partial charge in [-0.15, -0.1) is 0 Å². The van der Waals surface area contributed by atoms with Crippen LogP contribution in [0, 0.1) is 12.7 Å². The van der Waals surface area contributed by atoms with Gasteiger partial charge in [-0.05, 0) is 61.2 Å². The molecule has 2 heterocycles. The van der Waals surface area contributed by atoms with E-state index in [9.17, 15) is 18.6 Å². The first-order valence-corrected chi connectivity index (χ1v) is 13.3. The lowest BCUT2D eigenvalue weighted by molar-refractivity contribution is -0.731. The summed E-state index contributed by atoms with van der Waals surface area (Å²) >= 11 is 0. The average Bonchev–Trinajstić information content (AvgIpc) is 3.23. The summed E-state index contributed by atoms with van der Waals surface area (Å²) in [6.07, 6.45) is 6.74. The summed E-state index contributed by atoms with van der Waals surface area (Å²) in [6, 6.07) is 11.6. The van der Waals surface area contributed by atoms with E-state index in [1.54, 1.807) is 43.3 Å². The van der Waals surface area contributed by atoms with Crippen LogP contribution in [0.4, 0.5) is 4.39 Å². The molecular weight excluding hydrogens is 500 g/mol. The maximum atomic E-state index is 13.3. The maximum absolute atomic E-state index is 13.3. The van der Waals surface area contributed by atoms with E-state index in [0.717, 1.165) is 17.5 Å². The van der Waals surface area contributed by atoms with Crippen molar-refractivity contribution in [1.82, 2.24) is 9.47 Å². The summed E-state index contributed by atoms with van der Waals surface area (Å²) < 4.78 is 37.6. The Labute approximate surface area is 214 Å². The number of nitrogens with zero attached hydrogens (tertiary/aromatic N) is 3. The van der Waals surface area contributed by atoms with Crippen molar-refractivity contribution in [2.75, 3.05) is 13.7 Å². The minimum atomic E-state index is -4.85. The lowest BCUT2D eigenvalue weighted by Gasteiger charge is -2.34. The molecule has 11 heteroatoms. The van der Waals surface area contributed by atoms with Crippen LogP contribution < -0.4 is 14.2 Å². The van der Waals surface area contributed by atoms with Crippen molar-refractivity contribution in [3.63, 3.8) is 0 Å². The number of piperidine rings is 1. The predicted molar refractivity (Wildman–Crippen MR) is 132 cm³/mol. The number of phosphoric acid groups is 1. The molecule has 1 unspecified atom stereocenters. The molecule has 1 N–H and O–H groups in total. The number of rotatable bonds is 8. The van der Waals surface area contributed by atoms with Gasteiger partial charge in [0.05, 0.1) is 13.2 Å². The summed E-state index contributed by atoms with van der Waals surface area (Å²) in [6.45, 7) is 3.98. The number of carbonyl (C=O) groups excluding carboxylic acids is 1. The van der Waals surface area contributed by atoms with Crippen molar-refractivity contribution in [2.45, 2.75) is 39.5 Å². The lowest BCUT2D eigenvalue weighted by Crippen LogP contribution is -2.38. The largest absolute Gasteiger partial charge is 0.756 e. The Morgan fingerprint density at radius 1 is 1.27 bits per heavy atom. The van der Waals surface area contributed by atoms with Crippen LogP contribution in [0.2, 0.25) is 0 Å². The monoisotopic (exact) mass is 529 g/mol. The highest BCUT2D eigenvalue weighted by Gasteiger charge is 2.28. The van der Waals surface area contributed by atoms with E-state index in [4.69, 9.17) is 9.63 Å². The number of likely N-dealkylation sites (tertiary alicyclic amines) is 1. The normalized spacial score (nSPS) is 17.6. The van der Waals surface area contributed by atoms with E-state index >= 15 is 0 Å². The first-order valence-electron chi connectivity index (χ1n) is 11.8. The molecule has 0 radical (unpaired) electrons. The van der Waals surface area contributed by atoms with Crippen LogP contribution >= 0.6 is 7.82 Å². The van der Waals surface area contributed by atoms with E-state index < -0.39 is 7.82 Å². The summed E-state index contributed by atoms with van der Waals surface area (Å²) in [5.74, 6) is 0.192.